The van der Waals surface area contributed by atoms with Crippen LogP contribution in [-0.4, -0.2) is 6.71 Å². The maximum Gasteiger partial charge on any atom is 0.277 e. The predicted molar refractivity (Wildman–Crippen MR) is 305 cm³/mol. The lowest BCUT2D eigenvalue weighted by molar-refractivity contribution is 0.922. The highest BCUT2D eigenvalue weighted by Crippen LogP contribution is 2.52. The third-order valence-electron chi connectivity index (χ3n) is 15.0. The molecule has 2 aliphatic rings. The Hall–Kier alpha value is -6.66. The van der Waals surface area contributed by atoms with Crippen molar-refractivity contribution in [2.45, 2.75) is 79.1 Å². The molecule has 0 saturated carbocycles. The summed E-state index contributed by atoms with van der Waals surface area (Å²) in [7, 11) is 0. The molecule has 69 heavy (non-hydrogen) atoms. The maximum atomic E-state index is 2.70. The van der Waals surface area contributed by atoms with Gasteiger partial charge in [-0.15, -0.1) is 22.7 Å². The Morgan fingerprint density at radius 1 is 0.377 bits per heavy atom. The van der Waals surface area contributed by atoms with E-state index in [-0.39, 0.29) is 6.71 Å². The molecule has 0 saturated heterocycles. The summed E-state index contributed by atoms with van der Waals surface area (Å²) >= 11 is 4.03. The molecule has 0 bridgehead atoms. The van der Waals surface area contributed by atoms with Gasteiger partial charge in [-0.25, -0.2) is 0 Å². The van der Waals surface area contributed by atoms with Gasteiger partial charge >= 0.3 is 0 Å². The second-order valence-corrected chi connectivity index (χ2v) is 21.6. The summed E-state index contributed by atoms with van der Waals surface area (Å²) in [5.74, 6) is 0. The number of rotatable bonds is 11. The normalized spacial score (nSPS) is 13.0. The highest BCUT2D eigenvalue weighted by Gasteiger charge is 2.47. The van der Waals surface area contributed by atoms with Crippen LogP contribution in [0.1, 0.15) is 75.6 Å². The van der Waals surface area contributed by atoms with Crippen LogP contribution in [0.2, 0.25) is 0 Å². The zero-order valence-corrected chi connectivity index (χ0v) is 41.7. The third kappa shape index (κ3) is 6.72. The van der Waals surface area contributed by atoms with Crippen molar-refractivity contribution in [2.75, 3.05) is 9.80 Å². The van der Waals surface area contributed by atoms with Crippen LogP contribution in [0.5, 0.6) is 0 Å². The van der Waals surface area contributed by atoms with E-state index in [1.165, 1.54) is 135 Å². The van der Waals surface area contributed by atoms with Crippen molar-refractivity contribution in [1.82, 2.24) is 0 Å². The Kier molecular flexibility index (Phi) is 10.5. The first-order valence-corrected chi connectivity index (χ1v) is 27.1. The molecule has 0 amide bonds. The molecule has 0 atom stereocenters. The molecule has 0 N–H and O–H groups in total. The van der Waals surface area contributed by atoms with E-state index in [9.17, 15) is 0 Å². The highest BCUT2D eigenvalue weighted by atomic mass is 32.1. The Balaban J connectivity index is 1.11. The van der Waals surface area contributed by atoms with E-state index in [4.69, 9.17) is 0 Å². The molecule has 0 unspecified atom stereocenters. The lowest BCUT2D eigenvalue weighted by Gasteiger charge is -2.42. The van der Waals surface area contributed by atoms with Crippen molar-refractivity contribution in [2.24, 2.45) is 0 Å². The summed E-state index contributed by atoms with van der Waals surface area (Å²) in [6, 6.07) is 63.9. The Morgan fingerprint density at radius 3 is 1.43 bits per heavy atom. The summed E-state index contributed by atoms with van der Waals surface area (Å²) < 4.78 is 5.61. The van der Waals surface area contributed by atoms with E-state index >= 15 is 0 Å². The van der Waals surface area contributed by atoms with Crippen molar-refractivity contribution >= 4 is 131 Å². The minimum Gasteiger partial charge on any atom is -0.310 e. The van der Waals surface area contributed by atoms with Gasteiger partial charge in [0.05, 0.1) is 17.1 Å². The van der Waals surface area contributed by atoms with Gasteiger partial charge in [0.1, 0.15) is 0 Å². The summed E-state index contributed by atoms with van der Waals surface area (Å²) in [6.45, 7) is 9.27. The van der Waals surface area contributed by atoms with Crippen molar-refractivity contribution < 1.29 is 0 Å². The highest BCUT2D eigenvalue weighted by molar-refractivity contribution is 7.40. The number of aryl methyl sites for hydroxylation is 4. The third-order valence-corrected chi connectivity index (χ3v) is 17.5. The summed E-state index contributed by atoms with van der Waals surface area (Å²) in [5, 5.41) is 10.6. The monoisotopic (exact) mass is 926 g/mol. The molecule has 0 fully saturated rings. The summed E-state index contributed by atoms with van der Waals surface area (Å²) in [6.07, 6.45) is 8.74. The van der Waals surface area contributed by atoms with Gasteiger partial charge in [0.15, 0.2) is 0 Å². The van der Waals surface area contributed by atoms with Gasteiger partial charge in [-0.3, -0.25) is 0 Å². The van der Waals surface area contributed by atoms with Gasteiger partial charge in [0, 0.05) is 52.4 Å². The van der Waals surface area contributed by atoms with Gasteiger partial charge in [-0.2, -0.15) is 0 Å². The molecule has 4 heterocycles. The average Bonchev–Trinajstić information content (AvgIpc) is 3.95. The van der Waals surface area contributed by atoms with Gasteiger partial charge < -0.3 is 9.80 Å². The Morgan fingerprint density at radius 2 is 0.855 bits per heavy atom. The minimum absolute atomic E-state index is 0.0928. The van der Waals surface area contributed by atoms with Gasteiger partial charge in [-0.05, 0) is 158 Å². The average molecular weight is 927 g/mol. The number of hydrogen-bond donors (Lipinski definition) is 0. The SMILES string of the molecule is CCCc1ccc(N2c3cccc4c3B(c3sc5ccc(CCC)cc5c32)c2sc3ccc(CCC)cc3c2N4c2ccc(CCC)cc2-c2ccc3c4ccccc4c4ccccc4c3c2)cc1. The zero-order valence-electron chi connectivity index (χ0n) is 40.0. The van der Waals surface area contributed by atoms with Crippen LogP contribution in [0.25, 0.3) is 63.6 Å². The first-order valence-electron chi connectivity index (χ1n) is 25.4. The molecular formula is C64H55BN2S2. The van der Waals surface area contributed by atoms with Gasteiger partial charge in [0.2, 0.25) is 0 Å². The number of fused-ring (bicyclic) bond motifs is 14. The topological polar surface area (TPSA) is 6.48 Å². The lowest BCUT2D eigenvalue weighted by atomic mass is 9.39. The number of anilines is 6. The fourth-order valence-electron chi connectivity index (χ4n) is 12.0. The molecular weight excluding hydrogens is 872 g/mol. The molecule has 2 aromatic heterocycles. The minimum atomic E-state index is 0.0928. The molecule has 2 aliphatic heterocycles. The summed E-state index contributed by atoms with van der Waals surface area (Å²) in [5.41, 5.74) is 17.2. The first kappa shape index (κ1) is 42.4. The van der Waals surface area contributed by atoms with Crippen molar-refractivity contribution in [1.29, 1.82) is 0 Å². The van der Waals surface area contributed by atoms with Crippen LogP contribution in [0.15, 0.2) is 164 Å². The van der Waals surface area contributed by atoms with Crippen molar-refractivity contribution in [3.05, 3.63) is 186 Å². The van der Waals surface area contributed by atoms with Crippen LogP contribution in [0.3, 0.4) is 0 Å². The van der Waals surface area contributed by atoms with Crippen LogP contribution in [0.4, 0.5) is 34.1 Å². The van der Waals surface area contributed by atoms with Crippen LogP contribution in [0, 0.1) is 0 Å². The molecule has 5 heteroatoms. The number of hydrogen-bond acceptors (Lipinski definition) is 4. The maximum absolute atomic E-state index is 2.70. The molecule has 13 rings (SSSR count). The van der Waals surface area contributed by atoms with E-state index < -0.39 is 0 Å². The van der Waals surface area contributed by atoms with E-state index in [1.54, 1.807) is 0 Å². The fraction of sp³-hybridized carbons (Fsp3) is 0.188. The number of nitrogens with zero attached hydrogens (tertiary/aromatic N) is 2. The number of thiophene rings is 2. The molecule has 336 valence electrons. The van der Waals surface area contributed by atoms with Gasteiger partial charge in [-0.1, -0.05) is 150 Å². The Bertz CT molecular complexity index is 3790. The summed E-state index contributed by atoms with van der Waals surface area (Å²) in [4.78, 5) is 5.34. The van der Waals surface area contributed by atoms with Gasteiger partial charge in [0.25, 0.3) is 6.71 Å². The van der Waals surface area contributed by atoms with E-state index in [0.29, 0.717) is 0 Å². The Labute approximate surface area is 414 Å². The largest absolute Gasteiger partial charge is 0.310 e. The van der Waals surface area contributed by atoms with Crippen LogP contribution < -0.4 is 24.8 Å². The molecule has 0 spiro atoms. The zero-order chi connectivity index (χ0) is 46.3. The fourth-order valence-corrected chi connectivity index (χ4v) is 14.7. The lowest BCUT2D eigenvalue weighted by Crippen LogP contribution is -2.59. The first-order chi connectivity index (χ1) is 34.0. The van der Waals surface area contributed by atoms with E-state index in [2.05, 4.69) is 201 Å². The van der Waals surface area contributed by atoms with E-state index in [1.807, 2.05) is 22.7 Å². The predicted octanol–water partition coefficient (Wildman–Crippen LogP) is 17.1. The second kappa shape index (κ2) is 17.1. The number of benzene rings is 9. The van der Waals surface area contributed by atoms with Crippen LogP contribution >= 0.6 is 22.7 Å². The quantitative estimate of drug-likeness (QED) is 0.0942. The molecule has 2 nitrogen and oxygen atoms in total. The molecule has 0 radical (unpaired) electrons. The standard InChI is InChI=1S/C64H55BN2S2/c1-5-14-40-24-30-45(31-25-40)66-56-22-13-23-57-60(56)65(63-61(66)53-37-42(16-7-3)27-34-58(53)68-63)64-62(54-38-43(17-8-4)28-35-59(54)69-64)67(57)55-33-26-41(15-6-2)36-51(55)44-29-32-50-48-20-10-9-18-46(48)47-19-11-12-21-49(47)52(50)39-44/h9-13,18-39H,5-8,14-17H2,1-4H3. The second-order valence-electron chi connectivity index (χ2n) is 19.5. The molecule has 11 aromatic rings. The van der Waals surface area contributed by atoms with E-state index in [0.717, 1.165) is 51.4 Å². The molecule has 0 aliphatic carbocycles. The van der Waals surface area contributed by atoms with Crippen molar-refractivity contribution in [3.8, 4) is 11.1 Å². The van der Waals surface area contributed by atoms with Crippen LogP contribution in [-0.2, 0) is 25.7 Å². The molecule has 9 aromatic carbocycles. The smallest absolute Gasteiger partial charge is 0.277 e. The van der Waals surface area contributed by atoms with Crippen molar-refractivity contribution in [3.63, 3.8) is 0 Å².